The number of nitrogens with two attached hydrogens (primary N) is 1. The summed E-state index contributed by atoms with van der Waals surface area (Å²) in [5, 5.41) is 7.04. The summed E-state index contributed by atoms with van der Waals surface area (Å²) in [5.74, 6) is -0.825. The highest BCUT2D eigenvalue weighted by molar-refractivity contribution is 7.14. The number of nitrogens with zero attached hydrogens (tertiary/aromatic N) is 2. The number of rotatable bonds is 5. The quantitative estimate of drug-likeness (QED) is 0.701. The van der Waals surface area contributed by atoms with Gasteiger partial charge in [0.05, 0.1) is 11.4 Å². The highest BCUT2D eigenvalue weighted by atomic mass is 35.5. The molecule has 1 amide bonds. The van der Waals surface area contributed by atoms with E-state index in [2.05, 4.69) is 15.3 Å². The van der Waals surface area contributed by atoms with Crippen molar-refractivity contribution in [2.45, 2.75) is 34.0 Å². The molecule has 12 heteroatoms. The summed E-state index contributed by atoms with van der Waals surface area (Å²) in [6, 6.07) is 0. The number of esters is 2. The summed E-state index contributed by atoms with van der Waals surface area (Å²) in [6.45, 7) is 4.46. The van der Waals surface area contributed by atoms with Crippen LogP contribution in [0.15, 0.2) is 10.8 Å². The van der Waals surface area contributed by atoms with Crippen molar-refractivity contribution in [1.29, 1.82) is 0 Å². The molecule has 0 aliphatic heterocycles. The lowest BCUT2D eigenvalue weighted by atomic mass is 10.5. The number of carbonyl (C=O) groups excluding carboxylic acids is 3. The number of nitrogen functional groups attached to an aromatic ring is 1. The van der Waals surface area contributed by atoms with E-state index in [4.69, 9.17) is 15.2 Å². The second-order valence-corrected chi connectivity index (χ2v) is 6.31. The normalized spacial score (nSPS) is 9.19. The van der Waals surface area contributed by atoms with Crippen molar-refractivity contribution in [1.82, 2.24) is 9.97 Å². The molecule has 2 aromatic heterocycles. The van der Waals surface area contributed by atoms with Gasteiger partial charge in [-0.05, 0) is 0 Å². The molecule has 0 spiro atoms. The fourth-order valence-corrected chi connectivity index (χ4v) is 2.61. The van der Waals surface area contributed by atoms with Gasteiger partial charge in [-0.25, -0.2) is 9.97 Å². The third-order valence-electron chi connectivity index (χ3n) is 2.25. The number of thiazole rings is 2. The number of nitrogens with one attached hydrogen (secondary N) is 1. The molecule has 0 saturated heterocycles. The van der Waals surface area contributed by atoms with Crippen molar-refractivity contribution in [3.05, 3.63) is 22.1 Å². The van der Waals surface area contributed by atoms with Crippen LogP contribution in [0.4, 0.5) is 10.3 Å². The van der Waals surface area contributed by atoms with Crippen LogP contribution in [0.1, 0.15) is 32.2 Å². The molecular weight excluding hydrogens is 404 g/mol. The smallest absolute Gasteiger partial charge is 0.303 e. The molecule has 0 atom stereocenters. The van der Waals surface area contributed by atoms with Crippen LogP contribution in [-0.4, -0.2) is 27.8 Å². The van der Waals surface area contributed by atoms with Crippen LogP contribution in [0, 0.1) is 0 Å². The van der Waals surface area contributed by atoms with E-state index < -0.39 is 0 Å². The maximum Gasteiger partial charge on any atom is 0.303 e. The maximum atomic E-state index is 10.7. The van der Waals surface area contributed by atoms with Crippen molar-refractivity contribution in [3.8, 4) is 0 Å². The molecule has 0 aliphatic carbocycles. The van der Waals surface area contributed by atoms with Crippen LogP contribution < -0.4 is 11.1 Å². The third kappa shape index (κ3) is 10.6. The summed E-state index contributed by atoms with van der Waals surface area (Å²) in [4.78, 5) is 39.4. The average molecular weight is 423 g/mol. The fourth-order valence-electron chi connectivity index (χ4n) is 1.32. The minimum absolute atomic E-state index is 0. The molecule has 0 aliphatic rings. The summed E-state index contributed by atoms with van der Waals surface area (Å²) < 4.78 is 9.43. The minimum Gasteiger partial charge on any atom is -0.459 e. The topological polar surface area (TPSA) is 134 Å². The number of hydrogen-bond acceptors (Lipinski definition) is 10. The van der Waals surface area contributed by atoms with E-state index in [-0.39, 0.29) is 43.5 Å². The lowest BCUT2D eigenvalue weighted by molar-refractivity contribution is -0.143. The zero-order valence-electron chi connectivity index (χ0n) is 14.3. The van der Waals surface area contributed by atoms with E-state index in [1.54, 1.807) is 10.8 Å². The molecule has 0 unspecified atom stereocenters. The Morgan fingerprint density at radius 2 is 1.50 bits per heavy atom. The van der Waals surface area contributed by atoms with Gasteiger partial charge in [-0.1, -0.05) is 0 Å². The van der Waals surface area contributed by atoms with E-state index in [1.165, 1.54) is 43.4 Å². The molecule has 0 aromatic carbocycles. The Morgan fingerprint density at radius 3 is 1.92 bits per heavy atom. The Kier molecular flexibility index (Phi) is 11.1. The zero-order chi connectivity index (χ0) is 18.8. The van der Waals surface area contributed by atoms with E-state index in [0.717, 1.165) is 0 Å². The van der Waals surface area contributed by atoms with E-state index in [9.17, 15) is 14.4 Å². The molecule has 2 heterocycles. The summed E-state index contributed by atoms with van der Waals surface area (Å²) in [7, 11) is 0. The largest absolute Gasteiger partial charge is 0.459 e. The number of aromatic nitrogens is 2. The van der Waals surface area contributed by atoms with Crippen molar-refractivity contribution in [2.75, 3.05) is 11.1 Å². The van der Waals surface area contributed by atoms with Gasteiger partial charge >= 0.3 is 11.9 Å². The van der Waals surface area contributed by atoms with Crippen LogP contribution >= 0.6 is 35.1 Å². The van der Waals surface area contributed by atoms with Gasteiger partial charge in [-0.2, -0.15) is 0 Å². The lowest BCUT2D eigenvalue weighted by Crippen LogP contribution is -2.05. The Bertz CT molecular complexity index is 735. The maximum absolute atomic E-state index is 10.7. The van der Waals surface area contributed by atoms with Gasteiger partial charge in [0.1, 0.15) is 13.2 Å². The Labute approximate surface area is 164 Å². The molecule has 3 N–H and O–H groups in total. The predicted molar refractivity (Wildman–Crippen MR) is 101 cm³/mol. The Balaban J connectivity index is 0.000000475. The first-order chi connectivity index (χ1) is 11.8. The highest BCUT2D eigenvalue weighted by Gasteiger charge is 2.04. The van der Waals surface area contributed by atoms with E-state index in [1.807, 2.05) is 0 Å². The zero-order valence-corrected chi connectivity index (χ0v) is 16.8. The van der Waals surface area contributed by atoms with Crippen LogP contribution in [0.25, 0.3) is 0 Å². The lowest BCUT2D eigenvalue weighted by Gasteiger charge is -1.97. The van der Waals surface area contributed by atoms with Crippen LogP contribution in [0.5, 0.6) is 0 Å². The average Bonchev–Trinajstić information content (AvgIpc) is 3.12. The SMILES string of the molecule is CC(=O)Nc1nc(COC(C)=O)cs1.CC(=O)OCc1csc(N)n1.Cl. The molecule has 0 saturated carbocycles. The second kappa shape index (κ2) is 12.2. The fraction of sp³-hybridized carbons (Fsp3) is 0.357. The summed E-state index contributed by atoms with van der Waals surface area (Å²) in [6.07, 6.45) is 0. The summed E-state index contributed by atoms with van der Waals surface area (Å²) in [5.41, 5.74) is 6.68. The molecule has 26 heavy (non-hydrogen) atoms. The number of carbonyl (C=O) groups is 3. The van der Waals surface area contributed by atoms with Gasteiger partial charge in [-0.15, -0.1) is 35.1 Å². The molecule has 0 bridgehead atoms. The first kappa shape index (κ1) is 23.8. The number of halogens is 1. The third-order valence-corrected chi connectivity index (χ3v) is 3.78. The molecule has 0 radical (unpaired) electrons. The highest BCUT2D eigenvalue weighted by Crippen LogP contribution is 2.15. The number of amides is 1. The van der Waals surface area contributed by atoms with E-state index >= 15 is 0 Å². The molecule has 2 rings (SSSR count). The number of anilines is 2. The Morgan fingerprint density at radius 1 is 1.00 bits per heavy atom. The number of ether oxygens (including phenoxy) is 2. The van der Waals surface area contributed by atoms with Gasteiger partial charge in [-0.3, -0.25) is 14.4 Å². The van der Waals surface area contributed by atoms with Gasteiger partial charge in [0.15, 0.2) is 10.3 Å². The standard InChI is InChI=1S/C8H10N2O3S.C6H8N2O2S.ClH/c1-5(11)9-8-10-7(4-14-8)3-13-6(2)12;1-4(9)10-2-5-3-11-6(7)8-5;/h4H,3H2,1-2H3,(H,9,10,11);3H,2H2,1H3,(H2,7,8);1H. The molecule has 144 valence electrons. The predicted octanol–water partition coefficient (Wildman–Crippen LogP) is 2.37. The Hall–Kier alpha value is -2.24. The first-order valence-electron chi connectivity index (χ1n) is 6.95. The van der Waals surface area contributed by atoms with Gasteiger partial charge in [0.25, 0.3) is 0 Å². The van der Waals surface area contributed by atoms with Gasteiger partial charge in [0.2, 0.25) is 5.91 Å². The minimum atomic E-state index is -0.348. The molecular formula is C14H19ClN4O5S2. The van der Waals surface area contributed by atoms with Gasteiger partial charge < -0.3 is 20.5 Å². The van der Waals surface area contributed by atoms with Crippen LogP contribution in [0.3, 0.4) is 0 Å². The number of hydrogen-bond donors (Lipinski definition) is 2. The summed E-state index contributed by atoms with van der Waals surface area (Å²) >= 11 is 2.63. The van der Waals surface area contributed by atoms with Crippen molar-refractivity contribution < 1.29 is 23.9 Å². The van der Waals surface area contributed by atoms with Crippen molar-refractivity contribution in [3.63, 3.8) is 0 Å². The van der Waals surface area contributed by atoms with Crippen molar-refractivity contribution in [2.24, 2.45) is 0 Å². The van der Waals surface area contributed by atoms with Crippen molar-refractivity contribution >= 4 is 63.2 Å². The van der Waals surface area contributed by atoms with Crippen LogP contribution in [-0.2, 0) is 37.1 Å². The van der Waals surface area contributed by atoms with Crippen LogP contribution in [0.2, 0.25) is 0 Å². The molecule has 2 aromatic rings. The van der Waals surface area contributed by atoms with E-state index in [0.29, 0.717) is 21.7 Å². The van der Waals surface area contributed by atoms with Gasteiger partial charge in [0, 0.05) is 31.5 Å². The monoisotopic (exact) mass is 422 g/mol. The molecule has 0 fully saturated rings. The first-order valence-corrected chi connectivity index (χ1v) is 8.70. The molecule has 9 nitrogen and oxygen atoms in total. The second-order valence-electron chi connectivity index (χ2n) is 4.56.